The lowest BCUT2D eigenvalue weighted by molar-refractivity contribution is -0.392. The molecular weight excluding hydrogens is 344 g/mol. The van der Waals surface area contributed by atoms with Crippen LogP contribution in [0.1, 0.15) is 26.2 Å². The lowest BCUT2D eigenvalue weighted by Gasteiger charge is -2.26. The summed E-state index contributed by atoms with van der Waals surface area (Å²) >= 11 is 0. The van der Waals surface area contributed by atoms with Crippen molar-refractivity contribution in [2.45, 2.75) is 39.3 Å². The first-order valence-corrected chi connectivity index (χ1v) is 9.57. The molecule has 0 aliphatic carbocycles. The summed E-state index contributed by atoms with van der Waals surface area (Å²) in [6.45, 7) is 6.37. The molecule has 1 fully saturated rings. The van der Waals surface area contributed by atoms with E-state index in [1.165, 1.54) is 25.5 Å². The summed E-state index contributed by atoms with van der Waals surface area (Å²) in [6, 6.07) is 7.99. The van der Waals surface area contributed by atoms with E-state index >= 15 is 0 Å². The molecule has 0 atom stereocenters. The van der Waals surface area contributed by atoms with Crippen LogP contribution in [0.5, 0.6) is 0 Å². The molecule has 0 saturated carbocycles. The third-order valence-electron chi connectivity index (χ3n) is 5.28. The van der Waals surface area contributed by atoms with Gasteiger partial charge in [-0.05, 0) is 49.9 Å². The lowest BCUT2D eigenvalue weighted by Crippen LogP contribution is -2.32. The Kier molecular flexibility index (Phi) is 4.89. The smallest absolute Gasteiger partial charge is 0.343 e. The molecule has 3 heterocycles. The van der Waals surface area contributed by atoms with Crippen molar-refractivity contribution >= 4 is 16.9 Å². The molecule has 4 rings (SSSR count). The van der Waals surface area contributed by atoms with Crippen molar-refractivity contribution in [3.63, 3.8) is 0 Å². The molecule has 1 saturated heterocycles. The van der Waals surface area contributed by atoms with Crippen LogP contribution in [0.4, 0.5) is 5.82 Å². The number of rotatable bonds is 6. The van der Waals surface area contributed by atoms with Crippen molar-refractivity contribution < 1.29 is 4.92 Å². The van der Waals surface area contributed by atoms with Crippen LogP contribution >= 0.6 is 0 Å². The Bertz CT molecular complexity index is 954. The molecule has 8 nitrogen and oxygen atoms in total. The van der Waals surface area contributed by atoms with Crippen LogP contribution in [0, 0.1) is 10.1 Å². The zero-order valence-corrected chi connectivity index (χ0v) is 15.5. The fraction of sp³-hybridized carbons (Fsp3) is 0.474. The van der Waals surface area contributed by atoms with E-state index in [1.807, 2.05) is 25.1 Å². The van der Waals surface area contributed by atoms with Gasteiger partial charge in [0, 0.05) is 13.1 Å². The molecule has 0 spiro atoms. The number of aromatic nitrogens is 4. The van der Waals surface area contributed by atoms with Gasteiger partial charge in [-0.1, -0.05) is 18.6 Å². The number of hydrogen-bond donors (Lipinski definition) is 0. The standard InChI is InChI=1S/C19H24N6O2/c1-2-23-17(25(26)27)14-20-18(23)19-21-15-8-4-5-9-16(15)24(19)13-12-22-10-6-3-7-11-22/h4-5,8-9,14H,2-3,6-7,10-13H2,1H3. The second-order valence-corrected chi connectivity index (χ2v) is 6.92. The Morgan fingerprint density at radius 3 is 2.59 bits per heavy atom. The van der Waals surface area contributed by atoms with Gasteiger partial charge in [-0.2, -0.15) is 0 Å². The Labute approximate surface area is 157 Å². The topological polar surface area (TPSA) is 82.0 Å². The molecule has 3 aromatic rings. The molecule has 27 heavy (non-hydrogen) atoms. The molecule has 8 heteroatoms. The molecule has 2 aromatic heterocycles. The Morgan fingerprint density at radius 2 is 1.85 bits per heavy atom. The van der Waals surface area contributed by atoms with Crippen molar-refractivity contribution in [3.05, 3.63) is 40.6 Å². The number of fused-ring (bicyclic) bond motifs is 1. The molecule has 0 unspecified atom stereocenters. The van der Waals surface area contributed by atoms with Gasteiger partial charge in [0.15, 0.2) is 0 Å². The highest BCUT2D eigenvalue weighted by Gasteiger charge is 2.25. The maximum atomic E-state index is 11.3. The average Bonchev–Trinajstić information content (AvgIpc) is 3.28. The minimum absolute atomic E-state index is 0.00198. The van der Waals surface area contributed by atoms with E-state index in [0.717, 1.165) is 37.2 Å². The van der Waals surface area contributed by atoms with Crippen LogP contribution in [0.2, 0.25) is 0 Å². The highest BCUT2D eigenvalue weighted by molar-refractivity contribution is 5.79. The zero-order valence-electron chi connectivity index (χ0n) is 15.5. The molecule has 0 bridgehead atoms. The van der Waals surface area contributed by atoms with Gasteiger partial charge in [-0.25, -0.2) is 14.5 Å². The molecule has 142 valence electrons. The van der Waals surface area contributed by atoms with Crippen LogP contribution in [0.25, 0.3) is 22.7 Å². The molecule has 0 amide bonds. The highest BCUT2D eigenvalue weighted by atomic mass is 16.6. The van der Waals surface area contributed by atoms with E-state index in [1.54, 1.807) is 4.57 Å². The van der Waals surface area contributed by atoms with Crippen molar-refractivity contribution in [2.24, 2.45) is 0 Å². The minimum Gasteiger partial charge on any atom is -0.358 e. The number of nitrogens with zero attached hydrogens (tertiary/aromatic N) is 6. The van der Waals surface area contributed by atoms with Gasteiger partial charge in [0.2, 0.25) is 5.82 Å². The molecule has 1 aliphatic rings. The minimum atomic E-state index is -0.388. The molecule has 0 N–H and O–H groups in total. The number of likely N-dealkylation sites (tertiary alicyclic amines) is 1. The van der Waals surface area contributed by atoms with Gasteiger partial charge in [0.1, 0.15) is 6.20 Å². The molecule has 1 aliphatic heterocycles. The first-order valence-electron chi connectivity index (χ1n) is 9.57. The Balaban J connectivity index is 1.75. The van der Waals surface area contributed by atoms with E-state index in [9.17, 15) is 10.1 Å². The molecule has 1 aromatic carbocycles. The van der Waals surface area contributed by atoms with Crippen molar-refractivity contribution in [3.8, 4) is 11.6 Å². The van der Waals surface area contributed by atoms with Crippen molar-refractivity contribution in [2.75, 3.05) is 19.6 Å². The van der Waals surface area contributed by atoms with Crippen LogP contribution in [0.3, 0.4) is 0 Å². The summed E-state index contributed by atoms with van der Waals surface area (Å²) in [4.78, 5) is 22.5. The summed E-state index contributed by atoms with van der Waals surface area (Å²) in [5, 5.41) is 11.3. The van der Waals surface area contributed by atoms with Crippen LogP contribution in [0.15, 0.2) is 30.5 Å². The fourth-order valence-electron chi connectivity index (χ4n) is 3.90. The van der Waals surface area contributed by atoms with E-state index < -0.39 is 0 Å². The van der Waals surface area contributed by atoms with E-state index in [0.29, 0.717) is 18.2 Å². The monoisotopic (exact) mass is 368 g/mol. The number of piperidine rings is 1. The molecule has 0 radical (unpaired) electrons. The number of hydrogen-bond acceptors (Lipinski definition) is 5. The largest absolute Gasteiger partial charge is 0.358 e. The van der Waals surface area contributed by atoms with E-state index in [4.69, 9.17) is 4.98 Å². The van der Waals surface area contributed by atoms with Gasteiger partial charge in [0.25, 0.3) is 5.82 Å². The predicted molar refractivity (Wildman–Crippen MR) is 104 cm³/mol. The van der Waals surface area contributed by atoms with Gasteiger partial charge in [0.05, 0.1) is 17.6 Å². The number of imidazole rings is 2. The van der Waals surface area contributed by atoms with Crippen LogP contribution < -0.4 is 0 Å². The summed E-state index contributed by atoms with van der Waals surface area (Å²) in [7, 11) is 0. The first-order chi connectivity index (χ1) is 13.2. The van der Waals surface area contributed by atoms with Crippen molar-refractivity contribution in [1.82, 2.24) is 24.0 Å². The number of para-hydroxylation sites is 2. The lowest BCUT2D eigenvalue weighted by atomic mass is 10.1. The van der Waals surface area contributed by atoms with Crippen LogP contribution in [-0.2, 0) is 13.1 Å². The molecular formula is C19H24N6O2. The van der Waals surface area contributed by atoms with E-state index in [-0.39, 0.29) is 10.7 Å². The third kappa shape index (κ3) is 3.32. The Hall–Kier alpha value is -2.74. The normalized spacial score (nSPS) is 15.4. The number of benzene rings is 1. The fourth-order valence-corrected chi connectivity index (χ4v) is 3.90. The quantitative estimate of drug-likeness (QED) is 0.492. The second kappa shape index (κ2) is 7.48. The highest BCUT2D eigenvalue weighted by Crippen LogP contribution is 2.27. The van der Waals surface area contributed by atoms with Gasteiger partial charge in [-0.3, -0.25) is 0 Å². The van der Waals surface area contributed by atoms with Gasteiger partial charge in [-0.15, -0.1) is 0 Å². The zero-order chi connectivity index (χ0) is 18.8. The predicted octanol–water partition coefficient (Wildman–Crippen LogP) is 3.31. The summed E-state index contributed by atoms with van der Waals surface area (Å²) in [5.41, 5.74) is 1.93. The summed E-state index contributed by atoms with van der Waals surface area (Å²) in [6.07, 6.45) is 5.15. The SMILES string of the molecule is CCn1c([N+](=O)[O-])cnc1-c1nc2ccccc2n1CCN1CCCCC1. The Morgan fingerprint density at radius 1 is 1.07 bits per heavy atom. The van der Waals surface area contributed by atoms with Crippen molar-refractivity contribution in [1.29, 1.82) is 0 Å². The summed E-state index contributed by atoms with van der Waals surface area (Å²) < 4.78 is 3.78. The van der Waals surface area contributed by atoms with E-state index in [2.05, 4.69) is 20.5 Å². The first kappa shape index (κ1) is 17.7. The number of nitro groups is 1. The maximum absolute atomic E-state index is 11.3. The third-order valence-corrected chi connectivity index (χ3v) is 5.28. The maximum Gasteiger partial charge on any atom is 0.343 e. The average molecular weight is 368 g/mol. The van der Waals surface area contributed by atoms with Crippen LogP contribution in [-0.4, -0.2) is 48.6 Å². The second-order valence-electron chi connectivity index (χ2n) is 6.92. The van der Waals surface area contributed by atoms with Gasteiger partial charge >= 0.3 is 5.82 Å². The van der Waals surface area contributed by atoms with Gasteiger partial charge < -0.3 is 19.6 Å². The summed E-state index contributed by atoms with van der Waals surface area (Å²) in [5.74, 6) is 1.25.